The molecule has 1 aliphatic rings. The van der Waals surface area contributed by atoms with Gasteiger partial charge in [0.25, 0.3) is 0 Å². The molecule has 1 aromatic heterocycles. The van der Waals surface area contributed by atoms with Crippen molar-refractivity contribution in [2.75, 3.05) is 5.32 Å². The number of anilines is 1. The Balaban J connectivity index is 2.27. The van der Waals surface area contributed by atoms with Gasteiger partial charge in [0.2, 0.25) is 5.82 Å². The summed E-state index contributed by atoms with van der Waals surface area (Å²) >= 11 is 0. The van der Waals surface area contributed by atoms with Gasteiger partial charge in [0.1, 0.15) is 6.07 Å². The number of nitrogens with zero attached hydrogens (tertiary/aromatic N) is 3. The lowest BCUT2D eigenvalue weighted by atomic mass is 10.2. The fourth-order valence-electron chi connectivity index (χ4n) is 2.11. The molecule has 0 aliphatic heterocycles. The Bertz CT molecular complexity index is 511. The molecule has 1 aliphatic carbocycles. The van der Waals surface area contributed by atoms with E-state index in [-0.39, 0.29) is 29.2 Å². The van der Waals surface area contributed by atoms with Crippen LogP contribution in [0.15, 0.2) is 12.3 Å². The summed E-state index contributed by atoms with van der Waals surface area (Å²) in [5.41, 5.74) is 5.88. The molecule has 3 N–H and O–H groups in total. The smallest absolute Gasteiger partial charge is 0.312 e. The molecule has 2 rings (SSSR count). The highest BCUT2D eigenvalue weighted by Crippen LogP contribution is 2.27. The van der Waals surface area contributed by atoms with Crippen molar-refractivity contribution < 1.29 is 4.92 Å². The molecule has 0 aromatic carbocycles. The van der Waals surface area contributed by atoms with Gasteiger partial charge in [0.05, 0.1) is 10.5 Å². The van der Waals surface area contributed by atoms with E-state index in [1.807, 2.05) is 6.07 Å². The highest BCUT2D eigenvalue weighted by molar-refractivity contribution is 5.58. The van der Waals surface area contributed by atoms with E-state index < -0.39 is 4.92 Å². The maximum absolute atomic E-state index is 10.9. The predicted molar refractivity (Wildman–Crippen MR) is 64.8 cm³/mol. The topological polar surface area (TPSA) is 118 Å². The Morgan fingerprint density at radius 1 is 1.61 bits per heavy atom. The van der Waals surface area contributed by atoms with E-state index in [1.165, 1.54) is 12.3 Å². The first-order chi connectivity index (χ1) is 8.61. The summed E-state index contributed by atoms with van der Waals surface area (Å²) in [5.74, 6) is 0.182. The van der Waals surface area contributed by atoms with E-state index in [4.69, 9.17) is 11.0 Å². The van der Waals surface area contributed by atoms with Crippen molar-refractivity contribution in [1.29, 1.82) is 5.26 Å². The van der Waals surface area contributed by atoms with Crippen molar-refractivity contribution in [1.82, 2.24) is 4.98 Å². The highest BCUT2D eigenvalue weighted by Gasteiger charge is 2.27. The molecule has 1 fully saturated rings. The van der Waals surface area contributed by atoms with Crippen LogP contribution in [-0.4, -0.2) is 22.0 Å². The summed E-state index contributed by atoms with van der Waals surface area (Å²) in [5, 5.41) is 22.6. The molecule has 0 radical (unpaired) electrons. The fraction of sp³-hybridized carbons (Fsp3) is 0.455. The molecule has 1 saturated carbocycles. The van der Waals surface area contributed by atoms with Gasteiger partial charge in [-0.25, -0.2) is 4.98 Å². The van der Waals surface area contributed by atoms with Crippen molar-refractivity contribution in [3.8, 4) is 6.07 Å². The van der Waals surface area contributed by atoms with Gasteiger partial charge in [-0.2, -0.15) is 5.26 Å². The molecule has 0 spiro atoms. The molecule has 2 unspecified atom stereocenters. The first-order valence-electron chi connectivity index (χ1n) is 5.68. The van der Waals surface area contributed by atoms with Crippen LogP contribution in [0, 0.1) is 21.4 Å². The van der Waals surface area contributed by atoms with Gasteiger partial charge < -0.3 is 11.1 Å². The van der Waals surface area contributed by atoms with Crippen LogP contribution in [0.2, 0.25) is 0 Å². The molecular formula is C11H13N5O2. The van der Waals surface area contributed by atoms with Gasteiger partial charge in [0, 0.05) is 24.3 Å². The largest absolute Gasteiger partial charge is 0.360 e. The summed E-state index contributed by atoms with van der Waals surface area (Å²) in [6, 6.07) is 3.04. The van der Waals surface area contributed by atoms with E-state index in [1.54, 1.807) is 0 Å². The number of nitriles is 1. The second-order valence-electron chi connectivity index (χ2n) is 4.31. The summed E-state index contributed by atoms with van der Waals surface area (Å²) in [7, 11) is 0. The van der Waals surface area contributed by atoms with Crippen molar-refractivity contribution in [3.05, 3.63) is 27.9 Å². The van der Waals surface area contributed by atoms with E-state index in [0.717, 1.165) is 19.3 Å². The quantitative estimate of drug-likeness (QED) is 0.611. The van der Waals surface area contributed by atoms with Crippen LogP contribution in [0.5, 0.6) is 0 Å². The number of hydrogen-bond donors (Lipinski definition) is 2. The fourth-order valence-corrected chi connectivity index (χ4v) is 2.11. The maximum Gasteiger partial charge on any atom is 0.312 e. The number of hydrogen-bond acceptors (Lipinski definition) is 6. The Morgan fingerprint density at radius 3 is 2.94 bits per heavy atom. The van der Waals surface area contributed by atoms with Crippen LogP contribution in [0.25, 0.3) is 0 Å². The molecule has 18 heavy (non-hydrogen) atoms. The molecule has 0 bridgehead atoms. The van der Waals surface area contributed by atoms with E-state index >= 15 is 0 Å². The maximum atomic E-state index is 10.9. The van der Waals surface area contributed by atoms with Crippen LogP contribution in [0.1, 0.15) is 24.8 Å². The van der Waals surface area contributed by atoms with E-state index in [2.05, 4.69) is 10.3 Å². The minimum atomic E-state index is -0.545. The van der Waals surface area contributed by atoms with Gasteiger partial charge in [-0.3, -0.25) is 10.1 Å². The van der Waals surface area contributed by atoms with Gasteiger partial charge in [-0.15, -0.1) is 0 Å². The third-order valence-corrected chi connectivity index (χ3v) is 3.08. The second kappa shape index (κ2) is 4.98. The summed E-state index contributed by atoms with van der Waals surface area (Å²) in [4.78, 5) is 14.3. The van der Waals surface area contributed by atoms with Crippen LogP contribution in [0.3, 0.4) is 0 Å². The van der Waals surface area contributed by atoms with Crippen molar-refractivity contribution in [2.45, 2.75) is 31.3 Å². The highest BCUT2D eigenvalue weighted by atomic mass is 16.6. The standard InChI is InChI=1S/C11H13N5O2/c12-5-7-4-10(16(17)18)11(14-6-7)15-9-3-1-2-8(9)13/h4,6,8-9H,1-3,13H2,(H,14,15). The third kappa shape index (κ3) is 2.38. The van der Waals surface area contributed by atoms with Crippen LogP contribution >= 0.6 is 0 Å². The van der Waals surface area contributed by atoms with Crippen molar-refractivity contribution >= 4 is 11.5 Å². The number of rotatable bonds is 3. The Labute approximate surface area is 104 Å². The molecule has 7 heteroatoms. The zero-order valence-corrected chi connectivity index (χ0v) is 9.67. The number of nitrogens with two attached hydrogens (primary N) is 1. The number of nitrogens with one attached hydrogen (secondary N) is 1. The van der Waals surface area contributed by atoms with Gasteiger partial charge >= 0.3 is 5.69 Å². The normalized spacial score (nSPS) is 22.4. The first-order valence-corrected chi connectivity index (χ1v) is 5.68. The summed E-state index contributed by atoms with van der Waals surface area (Å²) in [6.07, 6.45) is 4.10. The number of pyridine rings is 1. The predicted octanol–water partition coefficient (Wildman–Crippen LogP) is 1.15. The Hall–Kier alpha value is -2.20. The molecule has 94 valence electrons. The average Bonchev–Trinajstić information content (AvgIpc) is 2.75. The van der Waals surface area contributed by atoms with E-state index in [9.17, 15) is 10.1 Å². The molecule has 2 atom stereocenters. The lowest BCUT2D eigenvalue weighted by molar-refractivity contribution is -0.384. The lowest BCUT2D eigenvalue weighted by Gasteiger charge is -2.17. The molecule has 0 amide bonds. The monoisotopic (exact) mass is 247 g/mol. The van der Waals surface area contributed by atoms with Gasteiger partial charge in [-0.05, 0) is 19.3 Å². The van der Waals surface area contributed by atoms with Gasteiger partial charge in [-0.1, -0.05) is 0 Å². The van der Waals surface area contributed by atoms with Crippen LogP contribution in [0.4, 0.5) is 11.5 Å². The molecule has 7 nitrogen and oxygen atoms in total. The van der Waals surface area contributed by atoms with Gasteiger partial charge in [0.15, 0.2) is 0 Å². The first kappa shape index (κ1) is 12.3. The third-order valence-electron chi connectivity index (χ3n) is 3.08. The van der Waals surface area contributed by atoms with Crippen LogP contribution in [-0.2, 0) is 0 Å². The minimum absolute atomic E-state index is 0.00383. The molecule has 0 saturated heterocycles. The molecule has 1 heterocycles. The zero-order chi connectivity index (χ0) is 13.1. The lowest BCUT2D eigenvalue weighted by Crippen LogP contribution is -2.35. The Morgan fingerprint density at radius 2 is 2.39 bits per heavy atom. The van der Waals surface area contributed by atoms with Crippen LogP contribution < -0.4 is 11.1 Å². The number of aromatic nitrogens is 1. The van der Waals surface area contributed by atoms with Crippen molar-refractivity contribution in [2.24, 2.45) is 5.73 Å². The summed E-state index contributed by atoms with van der Waals surface area (Å²) in [6.45, 7) is 0. The zero-order valence-electron chi connectivity index (χ0n) is 9.67. The average molecular weight is 247 g/mol. The van der Waals surface area contributed by atoms with E-state index in [0.29, 0.717) is 0 Å². The minimum Gasteiger partial charge on any atom is -0.360 e. The SMILES string of the molecule is N#Cc1cnc(NC2CCCC2N)c([N+](=O)[O-])c1. The summed E-state index contributed by atoms with van der Waals surface area (Å²) < 4.78 is 0. The second-order valence-corrected chi connectivity index (χ2v) is 4.31. The molecular weight excluding hydrogens is 234 g/mol. The van der Waals surface area contributed by atoms with Crippen molar-refractivity contribution in [3.63, 3.8) is 0 Å². The molecule has 1 aromatic rings. The Kier molecular flexibility index (Phi) is 3.39. The number of nitro groups is 1.